The predicted molar refractivity (Wildman–Crippen MR) is 97.9 cm³/mol. The maximum Gasteiger partial charge on any atom is 0.322 e. The fourth-order valence-electron chi connectivity index (χ4n) is 2.97. The van der Waals surface area contributed by atoms with Gasteiger partial charge in [-0.1, -0.05) is 0 Å². The van der Waals surface area contributed by atoms with Crippen molar-refractivity contribution in [3.8, 4) is 5.75 Å². The average Bonchev–Trinajstić information content (AvgIpc) is 3.24. The van der Waals surface area contributed by atoms with Gasteiger partial charge in [0.15, 0.2) is 9.84 Å². The van der Waals surface area contributed by atoms with Crippen molar-refractivity contribution in [3.63, 3.8) is 0 Å². The molecule has 1 atom stereocenters. The summed E-state index contributed by atoms with van der Waals surface area (Å²) in [5.41, 5.74) is 0.625. The van der Waals surface area contributed by atoms with Crippen LogP contribution in [-0.2, 0) is 16.4 Å². The van der Waals surface area contributed by atoms with Crippen molar-refractivity contribution in [2.24, 2.45) is 0 Å². The highest BCUT2D eigenvalue weighted by molar-refractivity contribution is 7.91. The summed E-state index contributed by atoms with van der Waals surface area (Å²) in [6.45, 7) is 2.63. The van der Waals surface area contributed by atoms with E-state index in [1.165, 1.54) is 0 Å². The zero-order valence-corrected chi connectivity index (χ0v) is 15.4. The summed E-state index contributed by atoms with van der Waals surface area (Å²) in [7, 11) is -3.03. The molecular weight excluding hydrogens is 356 g/mol. The van der Waals surface area contributed by atoms with E-state index in [1.807, 2.05) is 13.0 Å². The number of furan rings is 1. The number of rotatable bonds is 6. The van der Waals surface area contributed by atoms with Crippen LogP contribution >= 0.6 is 0 Å². The Labute approximate surface area is 152 Å². The van der Waals surface area contributed by atoms with Crippen molar-refractivity contribution in [1.82, 2.24) is 4.90 Å². The predicted octanol–water partition coefficient (Wildman–Crippen LogP) is 2.90. The molecule has 26 heavy (non-hydrogen) atoms. The third kappa shape index (κ3) is 4.57. The van der Waals surface area contributed by atoms with Gasteiger partial charge < -0.3 is 19.4 Å². The second-order valence-corrected chi connectivity index (χ2v) is 8.39. The zero-order valence-electron chi connectivity index (χ0n) is 14.6. The van der Waals surface area contributed by atoms with Crippen LogP contribution in [0, 0.1) is 0 Å². The Balaban J connectivity index is 1.56. The van der Waals surface area contributed by atoms with Gasteiger partial charge in [-0.3, -0.25) is 0 Å². The van der Waals surface area contributed by atoms with Crippen LogP contribution in [0.5, 0.6) is 5.75 Å². The number of carbonyl (C=O) groups is 1. The number of nitrogens with zero attached hydrogens (tertiary/aromatic N) is 1. The van der Waals surface area contributed by atoms with E-state index >= 15 is 0 Å². The van der Waals surface area contributed by atoms with Crippen molar-refractivity contribution in [2.75, 3.05) is 23.4 Å². The van der Waals surface area contributed by atoms with Crippen molar-refractivity contribution >= 4 is 21.6 Å². The summed E-state index contributed by atoms with van der Waals surface area (Å²) in [6.07, 6.45) is 2.08. The van der Waals surface area contributed by atoms with Crippen LogP contribution in [0.4, 0.5) is 10.5 Å². The molecule has 0 radical (unpaired) electrons. The lowest BCUT2D eigenvalue weighted by molar-refractivity contribution is 0.197. The van der Waals surface area contributed by atoms with Gasteiger partial charge in [-0.05, 0) is 49.7 Å². The second-order valence-electron chi connectivity index (χ2n) is 6.17. The molecule has 0 aliphatic carbocycles. The van der Waals surface area contributed by atoms with Crippen molar-refractivity contribution < 1.29 is 22.4 Å². The SMILES string of the molecule is CCN(C(=O)Nc1ccc(OCc2ccco2)cc1)C1CCS(=O)(=O)C1. The zero-order chi connectivity index (χ0) is 18.6. The first-order valence-corrected chi connectivity index (χ1v) is 10.3. The summed E-state index contributed by atoms with van der Waals surface area (Å²) in [5, 5.41) is 2.81. The lowest BCUT2D eigenvalue weighted by Gasteiger charge is -2.27. The molecule has 0 bridgehead atoms. The summed E-state index contributed by atoms with van der Waals surface area (Å²) in [6, 6.07) is 10.1. The van der Waals surface area contributed by atoms with E-state index in [-0.39, 0.29) is 23.6 Å². The number of carbonyl (C=O) groups excluding carboxylic acids is 1. The van der Waals surface area contributed by atoms with E-state index < -0.39 is 9.84 Å². The topological polar surface area (TPSA) is 88.8 Å². The Kier molecular flexibility index (Phi) is 5.51. The Bertz CT molecular complexity index is 831. The van der Waals surface area contributed by atoms with E-state index in [1.54, 1.807) is 41.5 Å². The average molecular weight is 378 g/mol. The number of amides is 2. The smallest absolute Gasteiger partial charge is 0.322 e. The first-order valence-electron chi connectivity index (χ1n) is 8.50. The normalized spacial score (nSPS) is 18.4. The second kappa shape index (κ2) is 7.82. The van der Waals surface area contributed by atoms with Gasteiger partial charge in [-0.25, -0.2) is 13.2 Å². The number of benzene rings is 1. The molecule has 0 spiro atoms. The molecule has 1 aliphatic heterocycles. The number of anilines is 1. The van der Waals surface area contributed by atoms with Gasteiger partial charge in [0, 0.05) is 18.3 Å². The van der Waals surface area contributed by atoms with Crippen molar-refractivity contribution in [3.05, 3.63) is 48.4 Å². The van der Waals surface area contributed by atoms with Crippen LogP contribution in [-0.4, -0.2) is 43.4 Å². The molecule has 140 valence electrons. The monoisotopic (exact) mass is 378 g/mol. The molecule has 1 unspecified atom stereocenters. The molecule has 8 heteroatoms. The highest BCUT2D eigenvalue weighted by Crippen LogP contribution is 2.21. The molecule has 1 saturated heterocycles. The van der Waals surface area contributed by atoms with Crippen LogP contribution in [0.1, 0.15) is 19.1 Å². The highest BCUT2D eigenvalue weighted by atomic mass is 32.2. The van der Waals surface area contributed by atoms with Crippen LogP contribution in [0.15, 0.2) is 47.1 Å². The van der Waals surface area contributed by atoms with E-state index in [0.29, 0.717) is 31.0 Å². The Morgan fingerprint density at radius 3 is 2.65 bits per heavy atom. The number of sulfone groups is 1. The fraction of sp³-hybridized carbons (Fsp3) is 0.389. The van der Waals surface area contributed by atoms with Gasteiger partial charge in [0.05, 0.1) is 17.8 Å². The Hall–Kier alpha value is -2.48. The summed E-state index contributed by atoms with van der Waals surface area (Å²) in [5.74, 6) is 1.57. The quantitative estimate of drug-likeness (QED) is 0.835. The van der Waals surface area contributed by atoms with Crippen molar-refractivity contribution in [1.29, 1.82) is 0 Å². The van der Waals surface area contributed by atoms with Gasteiger partial charge in [0.1, 0.15) is 18.1 Å². The fourth-order valence-corrected chi connectivity index (χ4v) is 4.70. The molecule has 2 amide bonds. The van der Waals surface area contributed by atoms with Gasteiger partial charge >= 0.3 is 6.03 Å². The van der Waals surface area contributed by atoms with E-state index in [9.17, 15) is 13.2 Å². The Morgan fingerprint density at radius 1 is 1.31 bits per heavy atom. The maximum absolute atomic E-state index is 12.5. The number of nitrogens with one attached hydrogen (secondary N) is 1. The number of urea groups is 1. The van der Waals surface area contributed by atoms with Crippen molar-refractivity contribution in [2.45, 2.75) is 26.0 Å². The highest BCUT2D eigenvalue weighted by Gasteiger charge is 2.33. The van der Waals surface area contributed by atoms with E-state index in [0.717, 1.165) is 5.76 Å². The molecular formula is C18H22N2O5S. The molecule has 1 fully saturated rings. The van der Waals surface area contributed by atoms with Gasteiger partial charge in [-0.2, -0.15) is 0 Å². The molecule has 1 aromatic carbocycles. The summed E-state index contributed by atoms with van der Waals surface area (Å²) >= 11 is 0. The van der Waals surface area contributed by atoms with Crippen LogP contribution in [0.25, 0.3) is 0 Å². The summed E-state index contributed by atoms with van der Waals surface area (Å²) in [4.78, 5) is 14.1. The first kappa shape index (κ1) is 18.3. The molecule has 3 rings (SSSR count). The third-order valence-corrected chi connectivity index (χ3v) is 6.07. The molecule has 0 saturated carbocycles. The van der Waals surface area contributed by atoms with E-state index in [2.05, 4.69) is 5.32 Å². The number of hydrogen-bond donors (Lipinski definition) is 1. The minimum absolute atomic E-state index is 0.0355. The standard InChI is InChI=1S/C18H22N2O5S/c1-2-20(15-9-11-26(22,23)13-15)18(21)19-14-5-7-16(8-6-14)25-12-17-4-3-10-24-17/h3-8,10,15H,2,9,11-13H2,1H3,(H,19,21). The number of ether oxygens (including phenoxy) is 1. The minimum Gasteiger partial charge on any atom is -0.486 e. The molecule has 1 aromatic heterocycles. The summed E-state index contributed by atoms with van der Waals surface area (Å²) < 4.78 is 34.1. The minimum atomic E-state index is -3.03. The van der Waals surface area contributed by atoms with Gasteiger partial charge in [-0.15, -0.1) is 0 Å². The molecule has 2 heterocycles. The molecule has 1 aliphatic rings. The Morgan fingerprint density at radius 2 is 2.08 bits per heavy atom. The maximum atomic E-state index is 12.5. The molecule has 7 nitrogen and oxygen atoms in total. The number of hydrogen-bond acceptors (Lipinski definition) is 5. The molecule has 2 aromatic rings. The van der Waals surface area contributed by atoms with Crippen LogP contribution in [0.2, 0.25) is 0 Å². The largest absolute Gasteiger partial charge is 0.486 e. The lowest BCUT2D eigenvalue weighted by atomic mass is 10.2. The van der Waals surface area contributed by atoms with Gasteiger partial charge in [0.2, 0.25) is 0 Å². The van der Waals surface area contributed by atoms with Crippen LogP contribution in [0.3, 0.4) is 0 Å². The van der Waals surface area contributed by atoms with Crippen LogP contribution < -0.4 is 10.1 Å². The van der Waals surface area contributed by atoms with E-state index in [4.69, 9.17) is 9.15 Å². The van der Waals surface area contributed by atoms with Gasteiger partial charge in [0.25, 0.3) is 0 Å². The third-order valence-electron chi connectivity index (χ3n) is 4.32. The first-order chi connectivity index (χ1) is 12.5. The lowest BCUT2D eigenvalue weighted by Crippen LogP contribution is -2.43. The molecule has 1 N–H and O–H groups in total.